The van der Waals surface area contributed by atoms with Gasteiger partial charge in [0.1, 0.15) is 11.6 Å². The standard InChI is InChI=1S/C17H19F2N/c1-3-12-8-5-6-9-13(12)17(20-4-2)16-14(18)10-7-11-15(16)19/h5-11,17,20H,3-4H2,1-2H3. The first-order chi connectivity index (χ1) is 9.69. The maximum absolute atomic E-state index is 14.1. The third-order valence-electron chi connectivity index (χ3n) is 3.44. The highest BCUT2D eigenvalue weighted by Gasteiger charge is 2.22. The largest absolute Gasteiger partial charge is 0.306 e. The number of hydrogen-bond acceptors (Lipinski definition) is 1. The third-order valence-corrected chi connectivity index (χ3v) is 3.44. The molecule has 1 atom stereocenters. The van der Waals surface area contributed by atoms with Gasteiger partial charge in [-0.05, 0) is 36.2 Å². The van der Waals surface area contributed by atoms with E-state index in [1.807, 2.05) is 38.1 Å². The van der Waals surface area contributed by atoms with Crippen molar-refractivity contribution in [2.45, 2.75) is 26.3 Å². The molecule has 0 fully saturated rings. The first kappa shape index (κ1) is 14.7. The molecule has 0 aliphatic heterocycles. The third kappa shape index (κ3) is 2.88. The van der Waals surface area contributed by atoms with Crippen LogP contribution in [0.3, 0.4) is 0 Å². The second kappa shape index (κ2) is 6.62. The number of nitrogens with one attached hydrogen (secondary N) is 1. The Bertz CT molecular complexity index is 561. The van der Waals surface area contributed by atoms with E-state index in [1.54, 1.807) is 0 Å². The predicted octanol–water partition coefficient (Wildman–Crippen LogP) is 4.23. The number of benzene rings is 2. The summed E-state index contributed by atoms with van der Waals surface area (Å²) in [6, 6.07) is 11.3. The number of hydrogen-bond donors (Lipinski definition) is 1. The highest BCUT2D eigenvalue weighted by atomic mass is 19.1. The van der Waals surface area contributed by atoms with E-state index in [0.29, 0.717) is 6.54 Å². The summed E-state index contributed by atoms with van der Waals surface area (Å²) in [5, 5.41) is 3.19. The average Bonchev–Trinajstić information content (AvgIpc) is 2.46. The number of rotatable bonds is 5. The molecular weight excluding hydrogens is 256 g/mol. The van der Waals surface area contributed by atoms with E-state index in [4.69, 9.17) is 0 Å². The van der Waals surface area contributed by atoms with Crippen LogP contribution in [0.15, 0.2) is 42.5 Å². The van der Waals surface area contributed by atoms with E-state index in [-0.39, 0.29) is 5.56 Å². The van der Waals surface area contributed by atoms with Crippen molar-refractivity contribution in [3.8, 4) is 0 Å². The molecule has 0 aliphatic rings. The molecule has 0 saturated carbocycles. The van der Waals surface area contributed by atoms with E-state index < -0.39 is 17.7 Å². The van der Waals surface area contributed by atoms with Gasteiger partial charge >= 0.3 is 0 Å². The maximum Gasteiger partial charge on any atom is 0.131 e. The van der Waals surface area contributed by atoms with Crippen molar-refractivity contribution in [1.29, 1.82) is 0 Å². The van der Waals surface area contributed by atoms with Crippen molar-refractivity contribution in [2.24, 2.45) is 0 Å². The number of halogens is 2. The second-order valence-corrected chi connectivity index (χ2v) is 4.68. The summed E-state index contributed by atoms with van der Waals surface area (Å²) in [6.45, 7) is 4.61. The van der Waals surface area contributed by atoms with E-state index in [1.165, 1.54) is 18.2 Å². The van der Waals surface area contributed by atoms with Crippen LogP contribution in [0.25, 0.3) is 0 Å². The molecule has 2 aromatic carbocycles. The lowest BCUT2D eigenvalue weighted by atomic mass is 9.92. The topological polar surface area (TPSA) is 12.0 Å². The zero-order valence-electron chi connectivity index (χ0n) is 11.8. The van der Waals surface area contributed by atoms with Crippen molar-refractivity contribution in [1.82, 2.24) is 5.32 Å². The Balaban J connectivity index is 2.56. The monoisotopic (exact) mass is 275 g/mol. The van der Waals surface area contributed by atoms with Crippen molar-refractivity contribution < 1.29 is 8.78 Å². The molecule has 0 aliphatic carbocycles. The van der Waals surface area contributed by atoms with Gasteiger partial charge in [0, 0.05) is 5.56 Å². The lowest BCUT2D eigenvalue weighted by Crippen LogP contribution is -2.25. The Morgan fingerprint density at radius 3 is 2.20 bits per heavy atom. The Morgan fingerprint density at radius 1 is 0.950 bits per heavy atom. The van der Waals surface area contributed by atoms with Gasteiger partial charge < -0.3 is 5.32 Å². The van der Waals surface area contributed by atoms with E-state index in [9.17, 15) is 8.78 Å². The number of aryl methyl sites for hydroxylation is 1. The second-order valence-electron chi connectivity index (χ2n) is 4.68. The van der Waals surface area contributed by atoms with Crippen LogP contribution in [0.2, 0.25) is 0 Å². The van der Waals surface area contributed by atoms with Gasteiger partial charge in [-0.2, -0.15) is 0 Å². The molecule has 1 unspecified atom stereocenters. The summed E-state index contributed by atoms with van der Waals surface area (Å²) in [5.74, 6) is -1.02. The Morgan fingerprint density at radius 2 is 1.60 bits per heavy atom. The van der Waals surface area contributed by atoms with Gasteiger partial charge in [0.2, 0.25) is 0 Å². The Hall–Kier alpha value is -1.74. The smallest absolute Gasteiger partial charge is 0.131 e. The minimum absolute atomic E-state index is 0.0928. The first-order valence-electron chi connectivity index (χ1n) is 6.94. The van der Waals surface area contributed by atoms with Gasteiger partial charge in [-0.15, -0.1) is 0 Å². The van der Waals surface area contributed by atoms with Crippen molar-refractivity contribution in [3.05, 3.63) is 70.8 Å². The van der Waals surface area contributed by atoms with Gasteiger partial charge in [-0.3, -0.25) is 0 Å². The molecule has 0 saturated heterocycles. The van der Waals surface area contributed by atoms with Crippen LogP contribution >= 0.6 is 0 Å². The van der Waals surface area contributed by atoms with Gasteiger partial charge in [-0.1, -0.05) is 44.2 Å². The molecule has 0 heterocycles. The molecule has 20 heavy (non-hydrogen) atoms. The van der Waals surface area contributed by atoms with Crippen LogP contribution < -0.4 is 5.32 Å². The molecule has 0 amide bonds. The normalized spacial score (nSPS) is 12.4. The predicted molar refractivity (Wildman–Crippen MR) is 77.7 cm³/mol. The van der Waals surface area contributed by atoms with Crippen LogP contribution in [0.1, 0.15) is 36.6 Å². The SMILES string of the molecule is CCNC(c1ccccc1CC)c1c(F)cccc1F. The molecule has 0 spiro atoms. The molecule has 106 valence electrons. The molecule has 0 aromatic heterocycles. The maximum atomic E-state index is 14.1. The molecule has 0 bridgehead atoms. The molecule has 1 N–H and O–H groups in total. The van der Waals surface area contributed by atoms with Crippen LogP contribution in [-0.2, 0) is 6.42 Å². The molecule has 2 rings (SSSR count). The quantitative estimate of drug-likeness (QED) is 0.861. The minimum Gasteiger partial charge on any atom is -0.306 e. The van der Waals surface area contributed by atoms with Crippen LogP contribution in [-0.4, -0.2) is 6.54 Å². The van der Waals surface area contributed by atoms with E-state index in [2.05, 4.69) is 5.32 Å². The zero-order chi connectivity index (χ0) is 14.5. The van der Waals surface area contributed by atoms with Gasteiger partial charge in [-0.25, -0.2) is 8.78 Å². The fourth-order valence-electron chi connectivity index (χ4n) is 2.50. The van der Waals surface area contributed by atoms with E-state index >= 15 is 0 Å². The lowest BCUT2D eigenvalue weighted by molar-refractivity contribution is 0.509. The van der Waals surface area contributed by atoms with Crippen LogP contribution in [0, 0.1) is 11.6 Å². The summed E-state index contributed by atoms with van der Waals surface area (Å²) >= 11 is 0. The molecule has 0 radical (unpaired) electrons. The zero-order valence-corrected chi connectivity index (χ0v) is 11.8. The molecule has 2 aromatic rings. The van der Waals surface area contributed by atoms with Gasteiger partial charge in [0.15, 0.2) is 0 Å². The molecule has 3 heteroatoms. The fraction of sp³-hybridized carbons (Fsp3) is 0.294. The summed E-state index contributed by atoms with van der Waals surface area (Å²) in [5.41, 5.74) is 2.12. The summed E-state index contributed by atoms with van der Waals surface area (Å²) < 4.78 is 28.1. The van der Waals surface area contributed by atoms with E-state index in [0.717, 1.165) is 17.5 Å². The van der Waals surface area contributed by atoms with Crippen molar-refractivity contribution in [2.75, 3.05) is 6.54 Å². The minimum atomic E-state index is -0.512. The summed E-state index contributed by atoms with van der Waals surface area (Å²) in [6.07, 6.45) is 0.828. The summed E-state index contributed by atoms with van der Waals surface area (Å²) in [7, 11) is 0. The highest BCUT2D eigenvalue weighted by molar-refractivity contribution is 5.38. The molecular formula is C17H19F2N. The lowest BCUT2D eigenvalue weighted by Gasteiger charge is -2.22. The Kier molecular flexibility index (Phi) is 4.85. The van der Waals surface area contributed by atoms with Crippen molar-refractivity contribution >= 4 is 0 Å². The Labute approximate surface area is 118 Å². The van der Waals surface area contributed by atoms with Gasteiger partial charge in [0.25, 0.3) is 0 Å². The van der Waals surface area contributed by atoms with Crippen LogP contribution in [0.4, 0.5) is 8.78 Å². The average molecular weight is 275 g/mol. The highest BCUT2D eigenvalue weighted by Crippen LogP contribution is 2.29. The summed E-state index contributed by atoms with van der Waals surface area (Å²) in [4.78, 5) is 0. The molecule has 1 nitrogen and oxygen atoms in total. The van der Waals surface area contributed by atoms with Crippen LogP contribution in [0.5, 0.6) is 0 Å². The fourth-order valence-corrected chi connectivity index (χ4v) is 2.50. The van der Waals surface area contributed by atoms with Crippen molar-refractivity contribution in [3.63, 3.8) is 0 Å². The first-order valence-corrected chi connectivity index (χ1v) is 6.94. The van der Waals surface area contributed by atoms with Gasteiger partial charge in [0.05, 0.1) is 6.04 Å².